The molecule has 1 aliphatic heterocycles. The predicted octanol–water partition coefficient (Wildman–Crippen LogP) is -0.163. The van der Waals surface area contributed by atoms with Gasteiger partial charge in [-0.05, 0) is 13.0 Å². The molecule has 0 bridgehead atoms. The summed E-state index contributed by atoms with van der Waals surface area (Å²) in [6, 6.07) is 1.75. The summed E-state index contributed by atoms with van der Waals surface area (Å²) in [5, 5.41) is 8.48. The van der Waals surface area contributed by atoms with Crippen molar-refractivity contribution in [1.29, 1.82) is 0 Å². The number of hydrogen-bond acceptors (Lipinski definition) is 7. The van der Waals surface area contributed by atoms with Crippen LogP contribution in [0.5, 0.6) is 0 Å². The van der Waals surface area contributed by atoms with Crippen LogP contribution in [0.3, 0.4) is 0 Å². The van der Waals surface area contributed by atoms with Crippen molar-refractivity contribution < 1.29 is 8.42 Å². The Hall–Kier alpha value is -2.07. The minimum Gasteiger partial charge on any atom is -0.338 e. The molecule has 3 heterocycles. The molecule has 1 saturated heterocycles. The number of aromatic nitrogens is 5. The summed E-state index contributed by atoms with van der Waals surface area (Å²) in [5.41, 5.74) is 0. The first-order chi connectivity index (χ1) is 11.0. The summed E-state index contributed by atoms with van der Waals surface area (Å²) < 4.78 is 26.6. The smallest absolute Gasteiger partial charge is 0.227 e. The van der Waals surface area contributed by atoms with Crippen LogP contribution in [-0.2, 0) is 16.6 Å². The largest absolute Gasteiger partial charge is 0.338 e. The molecule has 23 heavy (non-hydrogen) atoms. The van der Waals surface area contributed by atoms with Crippen molar-refractivity contribution in [2.24, 2.45) is 0 Å². The minimum atomic E-state index is -3.14. The van der Waals surface area contributed by atoms with Crippen LogP contribution in [0.25, 0.3) is 11.6 Å². The molecule has 2 aromatic heterocycles. The Labute approximate surface area is 135 Å². The molecule has 0 aromatic carbocycles. The molecule has 0 amide bonds. The van der Waals surface area contributed by atoms with Gasteiger partial charge in [-0.1, -0.05) is 0 Å². The van der Waals surface area contributed by atoms with Gasteiger partial charge in [0.05, 0.1) is 6.26 Å². The van der Waals surface area contributed by atoms with Gasteiger partial charge in [-0.2, -0.15) is 4.31 Å². The molecule has 2 aromatic rings. The van der Waals surface area contributed by atoms with Gasteiger partial charge in [-0.15, -0.1) is 10.2 Å². The molecule has 10 heteroatoms. The molecule has 0 saturated carbocycles. The van der Waals surface area contributed by atoms with Gasteiger partial charge in [0.15, 0.2) is 5.82 Å². The first-order valence-corrected chi connectivity index (χ1v) is 9.26. The zero-order chi connectivity index (χ0) is 16.4. The molecule has 0 spiro atoms. The molecular formula is C13H19N7O2S. The Balaban J connectivity index is 1.84. The summed E-state index contributed by atoms with van der Waals surface area (Å²) >= 11 is 0. The van der Waals surface area contributed by atoms with E-state index in [1.54, 1.807) is 18.5 Å². The van der Waals surface area contributed by atoms with Crippen molar-refractivity contribution in [3.05, 3.63) is 18.5 Å². The van der Waals surface area contributed by atoms with Gasteiger partial charge in [0, 0.05) is 45.1 Å². The maximum Gasteiger partial charge on any atom is 0.227 e. The van der Waals surface area contributed by atoms with Gasteiger partial charge < -0.3 is 4.90 Å². The maximum absolute atomic E-state index is 11.6. The van der Waals surface area contributed by atoms with E-state index in [0.717, 1.165) is 5.95 Å². The van der Waals surface area contributed by atoms with Crippen LogP contribution in [0.1, 0.15) is 6.92 Å². The molecule has 0 aliphatic carbocycles. The summed E-state index contributed by atoms with van der Waals surface area (Å²) in [7, 11) is -3.14. The Kier molecular flexibility index (Phi) is 4.26. The van der Waals surface area contributed by atoms with Crippen molar-refractivity contribution in [2.45, 2.75) is 13.5 Å². The van der Waals surface area contributed by atoms with E-state index in [4.69, 9.17) is 0 Å². The monoisotopic (exact) mass is 337 g/mol. The number of sulfonamides is 1. The van der Waals surface area contributed by atoms with Crippen LogP contribution in [0.15, 0.2) is 18.5 Å². The lowest BCUT2D eigenvalue weighted by Gasteiger charge is -2.33. The van der Waals surface area contributed by atoms with Crippen LogP contribution in [0.2, 0.25) is 0 Å². The van der Waals surface area contributed by atoms with Crippen molar-refractivity contribution in [1.82, 2.24) is 29.0 Å². The van der Waals surface area contributed by atoms with E-state index in [0.29, 0.717) is 44.4 Å². The summed E-state index contributed by atoms with van der Waals surface area (Å²) in [6.45, 7) is 4.76. The Morgan fingerprint density at radius 2 is 1.74 bits per heavy atom. The number of rotatable bonds is 4. The van der Waals surface area contributed by atoms with Crippen LogP contribution in [0.4, 0.5) is 5.95 Å². The third-order valence-corrected chi connectivity index (χ3v) is 5.11. The van der Waals surface area contributed by atoms with E-state index in [9.17, 15) is 8.42 Å². The number of piperazine rings is 1. The standard InChI is InChI=1S/C13H19N7O2S/c1-3-20-12(11-14-5-4-6-15-11)16-17-13(20)18-7-9-19(10-8-18)23(2,21)22/h4-6H,3,7-10H2,1-2H3. The topological polar surface area (TPSA) is 97.1 Å². The highest BCUT2D eigenvalue weighted by Gasteiger charge is 2.27. The second-order valence-electron chi connectivity index (χ2n) is 5.29. The van der Waals surface area contributed by atoms with Crippen LogP contribution in [-0.4, -0.2) is 69.9 Å². The van der Waals surface area contributed by atoms with Gasteiger partial charge in [0.1, 0.15) is 0 Å². The lowest BCUT2D eigenvalue weighted by Crippen LogP contribution is -2.49. The van der Waals surface area contributed by atoms with Crippen molar-refractivity contribution in [3.8, 4) is 11.6 Å². The lowest BCUT2D eigenvalue weighted by atomic mass is 10.4. The van der Waals surface area contributed by atoms with Crippen LogP contribution in [0, 0.1) is 0 Å². The van der Waals surface area contributed by atoms with Crippen molar-refractivity contribution >= 4 is 16.0 Å². The minimum absolute atomic E-state index is 0.451. The first kappa shape index (κ1) is 15.8. The third-order valence-electron chi connectivity index (χ3n) is 3.80. The fourth-order valence-electron chi connectivity index (χ4n) is 2.62. The molecule has 1 aliphatic rings. The van der Waals surface area contributed by atoms with E-state index < -0.39 is 10.0 Å². The molecule has 124 valence electrons. The highest BCUT2D eigenvalue weighted by molar-refractivity contribution is 7.88. The molecule has 9 nitrogen and oxygen atoms in total. The SMILES string of the molecule is CCn1c(-c2ncccn2)nnc1N1CCN(S(C)(=O)=O)CC1. The Morgan fingerprint density at radius 3 is 2.30 bits per heavy atom. The summed E-state index contributed by atoms with van der Waals surface area (Å²) in [4.78, 5) is 10.5. The zero-order valence-electron chi connectivity index (χ0n) is 13.1. The average Bonchev–Trinajstić information content (AvgIpc) is 2.99. The van der Waals surface area contributed by atoms with E-state index >= 15 is 0 Å². The number of nitrogens with zero attached hydrogens (tertiary/aromatic N) is 7. The molecule has 0 atom stereocenters. The average molecular weight is 337 g/mol. The Morgan fingerprint density at radius 1 is 1.09 bits per heavy atom. The molecule has 0 N–H and O–H groups in total. The highest BCUT2D eigenvalue weighted by atomic mass is 32.2. The Bertz CT molecular complexity index is 767. The van der Waals surface area contributed by atoms with Crippen LogP contribution >= 0.6 is 0 Å². The molecule has 1 fully saturated rings. The van der Waals surface area contributed by atoms with Gasteiger partial charge >= 0.3 is 0 Å². The van der Waals surface area contributed by atoms with Crippen molar-refractivity contribution in [2.75, 3.05) is 37.3 Å². The third kappa shape index (κ3) is 3.17. The molecular weight excluding hydrogens is 318 g/mol. The summed E-state index contributed by atoms with van der Waals surface area (Å²) in [6.07, 6.45) is 4.57. The molecule has 3 rings (SSSR count). The quantitative estimate of drug-likeness (QED) is 0.764. The van der Waals surface area contributed by atoms with E-state index in [1.165, 1.54) is 10.6 Å². The number of anilines is 1. The van der Waals surface area contributed by atoms with Gasteiger partial charge in [0.2, 0.25) is 21.8 Å². The van der Waals surface area contributed by atoms with E-state index in [-0.39, 0.29) is 0 Å². The van der Waals surface area contributed by atoms with E-state index in [2.05, 4.69) is 20.2 Å². The zero-order valence-corrected chi connectivity index (χ0v) is 13.9. The maximum atomic E-state index is 11.6. The second-order valence-corrected chi connectivity index (χ2v) is 7.27. The predicted molar refractivity (Wildman–Crippen MR) is 85.4 cm³/mol. The molecule has 0 radical (unpaired) electrons. The van der Waals surface area contributed by atoms with Gasteiger partial charge in [-0.3, -0.25) is 4.57 Å². The first-order valence-electron chi connectivity index (χ1n) is 7.41. The fraction of sp³-hybridized carbons (Fsp3) is 0.538. The fourth-order valence-corrected chi connectivity index (χ4v) is 3.45. The lowest BCUT2D eigenvalue weighted by molar-refractivity contribution is 0.384. The van der Waals surface area contributed by atoms with Crippen molar-refractivity contribution in [3.63, 3.8) is 0 Å². The summed E-state index contributed by atoms with van der Waals surface area (Å²) in [5.74, 6) is 1.87. The molecule has 0 unspecified atom stereocenters. The number of hydrogen-bond donors (Lipinski definition) is 0. The second kappa shape index (κ2) is 6.20. The van der Waals surface area contributed by atoms with Crippen LogP contribution < -0.4 is 4.90 Å². The highest BCUT2D eigenvalue weighted by Crippen LogP contribution is 2.21. The normalized spacial score (nSPS) is 16.7. The van der Waals surface area contributed by atoms with Gasteiger partial charge in [-0.25, -0.2) is 18.4 Å². The van der Waals surface area contributed by atoms with Gasteiger partial charge in [0.25, 0.3) is 0 Å². The van der Waals surface area contributed by atoms with E-state index in [1.807, 2.05) is 16.4 Å².